The molecule has 0 spiro atoms. The number of rotatable bonds is 3. The van der Waals surface area contributed by atoms with Gasteiger partial charge in [-0.1, -0.05) is 11.6 Å². The van der Waals surface area contributed by atoms with Crippen LogP contribution in [0.25, 0.3) is 11.0 Å². The Morgan fingerprint density at radius 2 is 2.14 bits per heavy atom. The summed E-state index contributed by atoms with van der Waals surface area (Å²) >= 11 is 1.52. The SMILES string of the molecule is Cc1ccc2oc(C(=O)NCc3csc(C)n3)cc(=O)c2c1. The van der Waals surface area contributed by atoms with Crippen LogP contribution in [0.3, 0.4) is 0 Å². The van der Waals surface area contributed by atoms with Crippen molar-refractivity contribution < 1.29 is 9.21 Å². The predicted octanol–water partition coefficient (Wildman–Crippen LogP) is 2.80. The number of carbonyl (C=O) groups is 1. The first-order chi connectivity index (χ1) is 10.5. The first kappa shape index (κ1) is 14.5. The van der Waals surface area contributed by atoms with Gasteiger partial charge < -0.3 is 9.73 Å². The van der Waals surface area contributed by atoms with Gasteiger partial charge in [-0.2, -0.15) is 0 Å². The third-order valence-corrected chi connectivity index (χ3v) is 4.03. The summed E-state index contributed by atoms with van der Waals surface area (Å²) in [5.74, 6) is -0.418. The normalized spacial score (nSPS) is 10.8. The van der Waals surface area contributed by atoms with Crippen molar-refractivity contribution in [3.63, 3.8) is 0 Å². The smallest absolute Gasteiger partial charge is 0.287 e. The predicted molar refractivity (Wildman–Crippen MR) is 85.2 cm³/mol. The van der Waals surface area contributed by atoms with Crippen molar-refractivity contribution in [1.29, 1.82) is 0 Å². The van der Waals surface area contributed by atoms with Crippen LogP contribution in [0, 0.1) is 13.8 Å². The average molecular weight is 314 g/mol. The van der Waals surface area contributed by atoms with Crippen LogP contribution in [0.2, 0.25) is 0 Å². The summed E-state index contributed by atoms with van der Waals surface area (Å²) in [4.78, 5) is 28.5. The first-order valence-electron chi connectivity index (χ1n) is 6.76. The minimum atomic E-state index is -0.426. The number of nitrogens with one attached hydrogen (secondary N) is 1. The highest BCUT2D eigenvalue weighted by Crippen LogP contribution is 2.14. The van der Waals surface area contributed by atoms with Gasteiger partial charge in [-0.05, 0) is 26.0 Å². The van der Waals surface area contributed by atoms with Gasteiger partial charge in [0.1, 0.15) is 5.58 Å². The number of carbonyl (C=O) groups excluding carboxylic acids is 1. The molecular weight excluding hydrogens is 300 g/mol. The Balaban J connectivity index is 1.85. The van der Waals surface area contributed by atoms with Gasteiger partial charge in [-0.15, -0.1) is 11.3 Å². The van der Waals surface area contributed by atoms with Crippen molar-refractivity contribution in [3.05, 3.63) is 61.9 Å². The van der Waals surface area contributed by atoms with Gasteiger partial charge in [0, 0.05) is 11.4 Å². The van der Waals surface area contributed by atoms with Gasteiger partial charge in [-0.25, -0.2) is 4.98 Å². The zero-order valence-electron chi connectivity index (χ0n) is 12.2. The number of thiazole rings is 1. The molecular formula is C16H14N2O3S. The van der Waals surface area contributed by atoms with Gasteiger partial charge in [0.05, 0.1) is 22.6 Å². The first-order valence-corrected chi connectivity index (χ1v) is 7.64. The summed E-state index contributed by atoms with van der Waals surface area (Å²) < 4.78 is 5.52. The van der Waals surface area contributed by atoms with Crippen molar-refractivity contribution in [2.45, 2.75) is 20.4 Å². The van der Waals surface area contributed by atoms with E-state index in [4.69, 9.17) is 4.42 Å². The number of amides is 1. The molecule has 22 heavy (non-hydrogen) atoms. The molecule has 3 aromatic rings. The van der Waals surface area contributed by atoms with Crippen LogP contribution < -0.4 is 10.7 Å². The van der Waals surface area contributed by atoms with Crippen LogP contribution in [0.5, 0.6) is 0 Å². The van der Waals surface area contributed by atoms with Crippen LogP contribution in [-0.4, -0.2) is 10.9 Å². The maximum Gasteiger partial charge on any atom is 0.287 e. The van der Waals surface area contributed by atoms with Gasteiger partial charge >= 0.3 is 0 Å². The van der Waals surface area contributed by atoms with Crippen molar-refractivity contribution in [2.75, 3.05) is 0 Å². The zero-order chi connectivity index (χ0) is 15.7. The average Bonchev–Trinajstić information content (AvgIpc) is 2.91. The molecule has 1 aromatic carbocycles. The Bertz CT molecular complexity index is 911. The quantitative estimate of drug-likeness (QED) is 0.807. The molecule has 6 heteroatoms. The lowest BCUT2D eigenvalue weighted by molar-refractivity contribution is 0.0923. The fourth-order valence-corrected chi connectivity index (χ4v) is 2.74. The number of nitrogens with zero attached hydrogens (tertiary/aromatic N) is 1. The Morgan fingerprint density at radius 3 is 2.86 bits per heavy atom. The number of benzene rings is 1. The monoisotopic (exact) mass is 314 g/mol. The van der Waals surface area contributed by atoms with Gasteiger partial charge in [-0.3, -0.25) is 9.59 Å². The maximum atomic E-state index is 12.1. The van der Waals surface area contributed by atoms with Gasteiger partial charge in [0.25, 0.3) is 5.91 Å². The molecule has 0 aliphatic rings. The van der Waals surface area contributed by atoms with Crippen molar-refractivity contribution in [3.8, 4) is 0 Å². The summed E-state index contributed by atoms with van der Waals surface area (Å²) in [6, 6.07) is 6.52. The van der Waals surface area contributed by atoms with E-state index in [1.807, 2.05) is 25.3 Å². The summed E-state index contributed by atoms with van der Waals surface area (Å²) in [5, 5.41) is 6.01. The number of aromatic nitrogens is 1. The lowest BCUT2D eigenvalue weighted by atomic mass is 10.1. The molecule has 1 N–H and O–H groups in total. The largest absolute Gasteiger partial charge is 0.451 e. The molecule has 1 amide bonds. The van der Waals surface area contributed by atoms with E-state index in [1.165, 1.54) is 17.4 Å². The Kier molecular flexibility index (Phi) is 3.77. The second-order valence-corrected chi connectivity index (χ2v) is 6.08. The molecule has 112 valence electrons. The summed E-state index contributed by atoms with van der Waals surface area (Å²) in [6.07, 6.45) is 0. The fourth-order valence-electron chi connectivity index (χ4n) is 2.13. The second-order valence-electron chi connectivity index (χ2n) is 5.02. The molecule has 0 aliphatic heterocycles. The van der Waals surface area contributed by atoms with E-state index < -0.39 is 5.91 Å². The highest BCUT2D eigenvalue weighted by atomic mass is 32.1. The standard InChI is InChI=1S/C16H14N2O3S/c1-9-3-4-14-12(5-9)13(19)6-15(21-14)16(20)17-7-11-8-22-10(2)18-11/h3-6,8H,7H2,1-2H3,(H,17,20). The van der Waals surface area contributed by atoms with Crippen LogP contribution in [0.4, 0.5) is 0 Å². The highest BCUT2D eigenvalue weighted by molar-refractivity contribution is 7.09. The van der Waals surface area contributed by atoms with Gasteiger partial charge in [0.2, 0.25) is 0 Å². The topological polar surface area (TPSA) is 72.2 Å². The van der Waals surface area contributed by atoms with Crippen LogP contribution in [0.15, 0.2) is 38.9 Å². The number of hydrogen-bond acceptors (Lipinski definition) is 5. The Labute approximate surface area is 130 Å². The van der Waals surface area contributed by atoms with E-state index in [-0.39, 0.29) is 11.2 Å². The van der Waals surface area contributed by atoms with Gasteiger partial charge in [0.15, 0.2) is 11.2 Å². The van der Waals surface area contributed by atoms with Crippen molar-refractivity contribution in [1.82, 2.24) is 10.3 Å². The second kappa shape index (κ2) is 5.73. The van der Waals surface area contributed by atoms with E-state index in [0.717, 1.165) is 16.3 Å². The van der Waals surface area contributed by atoms with Crippen LogP contribution in [-0.2, 0) is 6.54 Å². The summed E-state index contributed by atoms with van der Waals surface area (Å²) in [5.41, 5.74) is 1.94. The molecule has 3 rings (SSSR count). The molecule has 0 saturated heterocycles. The Hall–Kier alpha value is -2.47. The van der Waals surface area contributed by atoms with E-state index in [1.54, 1.807) is 12.1 Å². The molecule has 0 fully saturated rings. The van der Waals surface area contributed by atoms with Crippen LogP contribution in [0.1, 0.15) is 26.8 Å². The molecule has 0 unspecified atom stereocenters. The molecule has 0 saturated carbocycles. The van der Waals surface area contributed by atoms with E-state index in [2.05, 4.69) is 10.3 Å². The molecule has 2 aromatic heterocycles. The molecule has 2 heterocycles. The minimum Gasteiger partial charge on any atom is -0.451 e. The van der Waals surface area contributed by atoms with E-state index >= 15 is 0 Å². The molecule has 0 radical (unpaired) electrons. The Morgan fingerprint density at radius 1 is 1.32 bits per heavy atom. The molecule has 0 atom stereocenters. The summed E-state index contributed by atoms with van der Waals surface area (Å²) in [7, 11) is 0. The van der Waals surface area contributed by atoms with Crippen LogP contribution >= 0.6 is 11.3 Å². The maximum absolute atomic E-state index is 12.1. The third kappa shape index (κ3) is 2.92. The van der Waals surface area contributed by atoms with E-state index in [0.29, 0.717) is 17.5 Å². The fraction of sp³-hybridized carbons (Fsp3) is 0.188. The minimum absolute atomic E-state index is 0.00769. The van der Waals surface area contributed by atoms with Crippen molar-refractivity contribution >= 4 is 28.2 Å². The molecule has 0 aliphatic carbocycles. The lowest BCUT2D eigenvalue weighted by Crippen LogP contribution is -2.24. The lowest BCUT2D eigenvalue weighted by Gasteiger charge is -2.04. The highest BCUT2D eigenvalue weighted by Gasteiger charge is 2.12. The zero-order valence-corrected chi connectivity index (χ0v) is 13.0. The third-order valence-electron chi connectivity index (χ3n) is 3.20. The number of fused-ring (bicyclic) bond motifs is 1. The van der Waals surface area contributed by atoms with Crippen molar-refractivity contribution in [2.24, 2.45) is 0 Å². The summed E-state index contributed by atoms with van der Waals surface area (Å²) in [6.45, 7) is 4.11. The number of hydrogen-bond donors (Lipinski definition) is 1. The number of aryl methyl sites for hydroxylation is 2. The molecule has 5 nitrogen and oxygen atoms in total. The molecule has 0 bridgehead atoms. The van der Waals surface area contributed by atoms with E-state index in [9.17, 15) is 9.59 Å².